The number of hydrogen-bond acceptors (Lipinski definition) is 2. The fraction of sp³-hybridized carbons (Fsp3) is 0.143. The van der Waals surface area contributed by atoms with E-state index in [2.05, 4.69) is 253 Å². The number of ether oxygens (including phenoxy) is 1. The van der Waals surface area contributed by atoms with Crippen LogP contribution in [0.5, 0.6) is 11.5 Å². The zero-order chi connectivity index (χ0) is 65.8. The average molecular weight is 1360 g/mol. The van der Waals surface area contributed by atoms with Gasteiger partial charge in [-0.1, -0.05) is 237 Å². The number of nitrogens with zero attached hydrogens (tertiary/aromatic N) is 5. The van der Waals surface area contributed by atoms with Gasteiger partial charge in [0.05, 0.1) is 34.6 Å². The van der Waals surface area contributed by atoms with Gasteiger partial charge in [-0.25, -0.2) is 4.98 Å². The van der Waals surface area contributed by atoms with Crippen LogP contribution in [0.1, 0.15) is 84.5 Å². The van der Waals surface area contributed by atoms with Crippen LogP contribution in [0.2, 0.25) is 0 Å². The second-order valence-corrected chi connectivity index (χ2v) is 26.3. The van der Waals surface area contributed by atoms with Crippen molar-refractivity contribution in [1.82, 2.24) is 18.7 Å². The molecule has 0 saturated heterocycles. The van der Waals surface area contributed by atoms with Crippen molar-refractivity contribution in [2.24, 2.45) is 0 Å². The number of fused-ring (bicyclic) bond motifs is 7. The van der Waals surface area contributed by atoms with Crippen LogP contribution in [0.25, 0.3) is 111 Å². The Kier molecular flexibility index (Phi) is 13.5. The predicted molar refractivity (Wildman–Crippen MR) is 371 cm³/mol. The molecule has 0 fully saturated rings. The number of imidazole rings is 1. The van der Waals surface area contributed by atoms with Crippen LogP contribution >= 0.6 is 0 Å². The zero-order valence-electron chi connectivity index (χ0n) is 57.1. The van der Waals surface area contributed by atoms with E-state index in [4.69, 9.17) is 13.8 Å². The van der Waals surface area contributed by atoms with Gasteiger partial charge in [0.2, 0.25) is 0 Å². The van der Waals surface area contributed by atoms with Crippen molar-refractivity contribution in [3.63, 3.8) is 0 Å². The molecule has 0 unspecified atom stereocenters. The Bertz CT molecular complexity index is 5450. The number of pyridine rings is 1. The molecule has 6 nitrogen and oxygen atoms in total. The van der Waals surface area contributed by atoms with E-state index < -0.39 is 18.1 Å². The van der Waals surface area contributed by atoms with Crippen molar-refractivity contribution in [2.75, 3.05) is 0 Å². The van der Waals surface area contributed by atoms with Gasteiger partial charge < -0.3 is 18.4 Å². The third-order valence-electron chi connectivity index (χ3n) is 17.7. The molecule has 0 radical (unpaired) electrons. The molecule has 0 aliphatic rings. The van der Waals surface area contributed by atoms with Crippen molar-refractivity contribution >= 4 is 54.6 Å². The molecular weight excluding hydrogens is 1290 g/mol. The summed E-state index contributed by atoms with van der Waals surface area (Å²) in [4.78, 5) is 5.10. The maximum Gasteiger partial charge on any atom is 0.268 e. The minimum atomic E-state index is -0.457. The van der Waals surface area contributed by atoms with Crippen LogP contribution in [-0.4, -0.2) is 18.7 Å². The molecule has 91 heavy (non-hydrogen) atoms. The summed E-state index contributed by atoms with van der Waals surface area (Å²) in [6, 6.07) is 83.3. The average Bonchev–Trinajstić information content (AvgIpc) is 1.57. The fourth-order valence-corrected chi connectivity index (χ4v) is 13.0. The van der Waals surface area contributed by atoms with E-state index in [-0.39, 0.29) is 55.0 Å². The molecule has 0 bridgehead atoms. The SMILES string of the molecule is [2H]c1c([2H])c([2H])c(-c2cccc(-c3cc(C(C)(C)C)cc(C(C)(C)C)c3)c2-[n+]2[c-]n(-c3[c-]c(Oc4[c-]c5c(cc4)c4cc(-n6c7ccccc7c7ccccc76)ccc4n5-c4cc(CC(C)(C)c5ccccc5)ccn4)ccc3)c3ccc(-c4ccccc4)cc32)c([2H])c1[2H].[Pt]. The van der Waals surface area contributed by atoms with Gasteiger partial charge in [-0.15, -0.1) is 29.7 Å². The van der Waals surface area contributed by atoms with Gasteiger partial charge >= 0.3 is 0 Å². The monoisotopic (exact) mass is 1360 g/mol. The van der Waals surface area contributed by atoms with Crippen LogP contribution in [0.3, 0.4) is 0 Å². The molecule has 0 aliphatic heterocycles. The Morgan fingerprint density at radius 3 is 1.80 bits per heavy atom. The topological polar surface area (TPSA) is 40.8 Å². The molecule has 11 aromatic carbocycles. The second-order valence-electron chi connectivity index (χ2n) is 26.3. The van der Waals surface area contributed by atoms with Crippen molar-refractivity contribution in [1.29, 1.82) is 0 Å². The summed E-state index contributed by atoms with van der Waals surface area (Å²) in [5.74, 6) is 1.69. The third-order valence-corrected chi connectivity index (χ3v) is 17.7. The normalized spacial score (nSPS) is 12.9. The smallest absolute Gasteiger partial charge is 0.268 e. The molecule has 4 aromatic heterocycles. The van der Waals surface area contributed by atoms with Gasteiger partial charge in [0, 0.05) is 60.7 Å². The minimum Gasteiger partial charge on any atom is -0.510 e. The Morgan fingerprint density at radius 1 is 0.473 bits per heavy atom. The quantitative estimate of drug-likeness (QED) is 0.0903. The summed E-state index contributed by atoms with van der Waals surface area (Å²) in [5, 5.41) is 4.42. The van der Waals surface area contributed by atoms with Crippen molar-refractivity contribution < 1.29 is 37.2 Å². The molecule has 0 saturated carbocycles. The van der Waals surface area contributed by atoms with Crippen LogP contribution in [0, 0.1) is 18.5 Å². The van der Waals surface area contributed by atoms with E-state index >= 15 is 0 Å². The van der Waals surface area contributed by atoms with E-state index in [1.54, 1.807) is 0 Å². The predicted octanol–water partition coefficient (Wildman–Crippen LogP) is 20.8. The van der Waals surface area contributed by atoms with E-state index in [9.17, 15) is 2.74 Å². The standard InChI is InChI=1S/C84H69N5O.Pt/c1-82(2,3)62-47-60(48-63(50-62)83(4,5)6)69-35-23-34-68(58-26-14-10-15-27-58)81(69)87-55-86(77-42-38-59(49-79(77)87)57-24-12-9-13-25-57)64-30-22-31-66(51-64)90-67-40-41-72-73-52-65(88-74-36-20-18-32-70(74)71-33-19-21-37-75(71)88)39-43-76(73)89(78(72)53-67)80-46-56(44-45-85-80)54-84(7,8)61-28-16-11-17-29-61;/h9-50,52H,54H2,1-8H3;/q-2;/i10D,14D,15D,26D,27D;. The molecule has 15 rings (SSSR count). The number of aromatic nitrogens is 5. The van der Waals surface area contributed by atoms with Crippen molar-refractivity contribution in [3.05, 3.63) is 302 Å². The Morgan fingerprint density at radius 2 is 1.10 bits per heavy atom. The first-order chi connectivity index (χ1) is 45.7. The van der Waals surface area contributed by atoms with Crippen LogP contribution < -0.4 is 9.30 Å². The minimum absolute atomic E-state index is 0. The van der Waals surface area contributed by atoms with Gasteiger partial charge in [-0.3, -0.25) is 4.57 Å². The van der Waals surface area contributed by atoms with Gasteiger partial charge in [0.1, 0.15) is 5.82 Å². The van der Waals surface area contributed by atoms with Crippen LogP contribution in [0.4, 0.5) is 0 Å². The van der Waals surface area contributed by atoms with Crippen molar-refractivity contribution in [2.45, 2.75) is 78.1 Å². The molecular formula is C84H69N5OPt-2. The van der Waals surface area contributed by atoms with Crippen molar-refractivity contribution in [3.8, 4) is 67.8 Å². The Labute approximate surface area is 554 Å². The first kappa shape index (κ1) is 53.0. The summed E-state index contributed by atoms with van der Waals surface area (Å²) in [7, 11) is 0. The molecule has 15 aromatic rings. The molecule has 0 amide bonds. The number of rotatable bonds is 12. The maximum atomic E-state index is 9.46. The van der Waals surface area contributed by atoms with Crippen LogP contribution in [-0.2, 0) is 43.7 Å². The molecule has 7 heteroatoms. The number of hydrogen-bond donors (Lipinski definition) is 0. The Balaban J connectivity index is 0.00000792. The summed E-state index contributed by atoms with van der Waals surface area (Å²) in [6.07, 6.45) is 6.49. The number of benzene rings is 11. The van der Waals surface area contributed by atoms with E-state index in [0.717, 1.165) is 101 Å². The number of para-hydroxylation sites is 3. The summed E-state index contributed by atoms with van der Waals surface area (Å²) in [5.41, 5.74) is 16.1. The second kappa shape index (κ2) is 23.2. The summed E-state index contributed by atoms with van der Waals surface area (Å²) in [6.45, 7) is 17.9. The van der Waals surface area contributed by atoms with Gasteiger partial charge in [0.25, 0.3) is 6.33 Å². The maximum absolute atomic E-state index is 9.46. The first-order valence-corrected chi connectivity index (χ1v) is 30.8. The van der Waals surface area contributed by atoms with E-state index in [0.29, 0.717) is 28.4 Å². The fourth-order valence-electron chi connectivity index (χ4n) is 13.0. The Hall–Kier alpha value is -9.87. The van der Waals surface area contributed by atoms with Gasteiger partial charge in [-0.05, 0) is 138 Å². The largest absolute Gasteiger partial charge is 0.510 e. The summed E-state index contributed by atoms with van der Waals surface area (Å²) >= 11 is 0. The first-order valence-electron chi connectivity index (χ1n) is 33.3. The van der Waals surface area contributed by atoms with Gasteiger partial charge in [0.15, 0.2) is 0 Å². The summed E-state index contributed by atoms with van der Waals surface area (Å²) < 4.78 is 60.9. The van der Waals surface area contributed by atoms with Crippen LogP contribution in [0.15, 0.2) is 261 Å². The third kappa shape index (κ3) is 10.9. The molecule has 0 spiro atoms. The molecule has 0 N–H and O–H groups in total. The van der Waals surface area contributed by atoms with E-state index in [1.165, 1.54) is 16.3 Å². The molecule has 0 atom stereocenters. The van der Waals surface area contributed by atoms with Gasteiger partial charge in [-0.2, -0.15) is 18.2 Å². The zero-order valence-corrected chi connectivity index (χ0v) is 54.4. The molecule has 0 aliphatic carbocycles. The molecule has 4 heterocycles. The van der Waals surface area contributed by atoms with E-state index in [1.807, 2.05) is 69.9 Å². The molecule has 448 valence electrons.